The second-order valence-corrected chi connectivity index (χ2v) is 5.31. The number of Topliss-reactive ketones (excluding diaryl/α,β-unsaturated/α-hetero) is 1. The Morgan fingerprint density at radius 3 is 2.35 bits per heavy atom. The number of carbonyl (C=O) groups is 1. The number of carbonyl (C=O) groups excluding carboxylic acids is 1. The first kappa shape index (κ1) is 13.1. The predicted molar refractivity (Wildman–Crippen MR) is 79.0 cm³/mol. The second-order valence-electron chi connectivity index (χ2n) is 5.31. The molecule has 2 aromatic carbocycles. The lowest BCUT2D eigenvalue weighted by Gasteiger charge is -2.24. The Kier molecular flexibility index (Phi) is 3.41. The smallest absolute Gasteiger partial charge is 0.169 e. The fraction of sp³-hybridized carbons (Fsp3) is 0.278. The third kappa shape index (κ3) is 1.97. The van der Waals surface area contributed by atoms with Gasteiger partial charge in [-0.2, -0.15) is 0 Å². The number of rotatable bonds is 3. The van der Waals surface area contributed by atoms with Crippen molar-refractivity contribution in [2.45, 2.75) is 18.9 Å². The molecule has 1 aliphatic carbocycles. The standard InChI is InChI=1S/C18H18O2/c1-12(20-2)16-17(13-8-4-3-5-9-13)14-10-6-7-11-15(14)18(16)19/h3-12,16-17H,1-2H3. The maximum absolute atomic E-state index is 12.7. The van der Waals surface area contributed by atoms with Crippen LogP contribution in [0.3, 0.4) is 0 Å². The molecule has 0 fully saturated rings. The minimum absolute atomic E-state index is 0.0925. The molecule has 102 valence electrons. The first-order valence-electron chi connectivity index (χ1n) is 6.95. The third-order valence-electron chi connectivity index (χ3n) is 4.26. The normalized spacial score (nSPS) is 22.6. The topological polar surface area (TPSA) is 26.3 Å². The highest BCUT2D eigenvalue weighted by Gasteiger charge is 2.43. The molecule has 3 unspecified atom stereocenters. The molecule has 20 heavy (non-hydrogen) atoms. The molecule has 3 rings (SSSR count). The molecule has 1 aliphatic rings. The van der Waals surface area contributed by atoms with E-state index in [1.165, 1.54) is 5.56 Å². The van der Waals surface area contributed by atoms with Crippen molar-refractivity contribution in [1.82, 2.24) is 0 Å². The van der Waals surface area contributed by atoms with Gasteiger partial charge in [-0.1, -0.05) is 54.6 Å². The maximum atomic E-state index is 12.7. The molecule has 0 heterocycles. The van der Waals surface area contributed by atoms with Crippen LogP contribution in [0.4, 0.5) is 0 Å². The average molecular weight is 266 g/mol. The van der Waals surface area contributed by atoms with Gasteiger partial charge in [-0.25, -0.2) is 0 Å². The van der Waals surface area contributed by atoms with Crippen LogP contribution < -0.4 is 0 Å². The molecule has 0 saturated heterocycles. The summed E-state index contributed by atoms with van der Waals surface area (Å²) in [6, 6.07) is 18.2. The van der Waals surface area contributed by atoms with E-state index in [0.29, 0.717) is 0 Å². The van der Waals surface area contributed by atoms with Crippen molar-refractivity contribution in [2.75, 3.05) is 7.11 Å². The van der Waals surface area contributed by atoms with Crippen molar-refractivity contribution in [3.05, 3.63) is 71.3 Å². The van der Waals surface area contributed by atoms with Gasteiger partial charge in [0.05, 0.1) is 12.0 Å². The molecule has 0 bridgehead atoms. The molecule has 2 aromatic rings. The Labute approximate surface area is 119 Å². The lowest BCUT2D eigenvalue weighted by atomic mass is 9.83. The summed E-state index contributed by atoms with van der Waals surface area (Å²) >= 11 is 0. The monoisotopic (exact) mass is 266 g/mol. The predicted octanol–water partition coefficient (Wildman–Crippen LogP) is 3.67. The molecule has 0 aromatic heterocycles. The van der Waals surface area contributed by atoms with Gasteiger partial charge in [-0.3, -0.25) is 4.79 Å². The average Bonchev–Trinajstić information content (AvgIpc) is 2.81. The number of ketones is 1. The summed E-state index contributed by atoms with van der Waals surface area (Å²) in [4.78, 5) is 12.7. The Balaban J connectivity index is 2.14. The Bertz CT molecular complexity index is 618. The van der Waals surface area contributed by atoms with E-state index < -0.39 is 0 Å². The van der Waals surface area contributed by atoms with Crippen LogP contribution in [-0.4, -0.2) is 19.0 Å². The molecule has 2 heteroatoms. The maximum Gasteiger partial charge on any atom is 0.169 e. The van der Waals surface area contributed by atoms with Crippen molar-refractivity contribution in [3.63, 3.8) is 0 Å². The van der Waals surface area contributed by atoms with Crippen molar-refractivity contribution < 1.29 is 9.53 Å². The van der Waals surface area contributed by atoms with Gasteiger partial charge in [0, 0.05) is 18.6 Å². The molecule has 0 aliphatic heterocycles. The molecule has 0 saturated carbocycles. The highest BCUT2D eigenvalue weighted by atomic mass is 16.5. The van der Waals surface area contributed by atoms with Crippen LogP contribution >= 0.6 is 0 Å². The quantitative estimate of drug-likeness (QED) is 0.847. The van der Waals surface area contributed by atoms with E-state index in [1.54, 1.807) is 7.11 Å². The summed E-state index contributed by atoms with van der Waals surface area (Å²) in [5.74, 6) is 0.151. The molecule has 0 radical (unpaired) electrons. The lowest BCUT2D eigenvalue weighted by Crippen LogP contribution is -2.28. The second kappa shape index (κ2) is 5.22. The molecular weight excluding hydrogens is 248 g/mol. The van der Waals surface area contributed by atoms with Gasteiger partial charge in [0.2, 0.25) is 0 Å². The summed E-state index contributed by atoms with van der Waals surface area (Å²) in [7, 11) is 1.67. The molecule has 3 atom stereocenters. The zero-order valence-electron chi connectivity index (χ0n) is 11.7. The molecular formula is C18H18O2. The van der Waals surface area contributed by atoms with Crippen LogP contribution in [0.5, 0.6) is 0 Å². The molecule has 0 spiro atoms. The molecule has 2 nitrogen and oxygen atoms in total. The zero-order valence-corrected chi connectivity index (χ0v) is 11.7. The number of benzene rings is 2. The van der Waals surface area contributed by atoms with E-state index in [2.05, 4.69) is 18.2 Å². The van der Waals surface area contributed by atoms with Crippen LogP contribution in [0.2, 0.25) is 0 Å². The van der Waals surface area contributed by atoms with Crippen molar-refractivity contribution in [1.29, 1.82) is 0 Å². The summed E-state index contributed by atoms with van der Waals surface area (Å²) in [6.45, 7) is 1.98. The Morgan fingerprint density at radius 1 is 1.00 bits per heavy atom. The minimum Gasteiger partial charge on any atom is -0.381 e. The van der Waals surface area contributed by atoms with Gasteiger partial charge in [-0.15, -0.1) is 0 Å². The number of ether oxygens (including phenoxy) is 1. The SMILES string of the molecule is COC(C)C1C(=O)c2ccccc2C1c1ccccc1. The third-order valence-corrected chi connectivity index (χ3v) is 4.26. The van der Waals surface area contributed by atoms with Crippen molar-refractivity contribution in [3.8, 4) is 0 Å². The summed E-state index contributed by atoms with van der Waals surface area (Å²) in [5, 5.41) is 0. The lowest BCUT2D eigenvalue weighted by molar-refractivity contribution is 0.0521. The van der Waals surface area contributed by atoms with E-state index in [1.807, 2.05) is 43.3 Å². The number of fused-ring (bicyclic) bond motifs is 1. The fourth-order valence-corrected chi connectivity index (χ4v) is 3.20. The number of methoxy groups -OCH3 is 1. The van der Waals surface area contributed by atoms with Crippen LogP contribution in [0.1, 0.15) is 34.3 Å². The number of hydrogen-bond acceptors (Lipinski definition) is 2. The molecule has 0 amide bonds. The van der Waals surface area contributed by atoms with Crippen LogP contribution in [0.25, 0.3) is 0 Å². The van der Waals surface area contributed by atoms with Crippen molar-refractivity contribution >= 4 is 5.78 Å². The Morgan fingerprint density at radius 2 is 1.65 bits per heavy atom. The van der Waals surface area contributed by atoms with Gasteiger partial charge in [0.25, 0.3) is 0 Å². The minimum atomic E-state index is -0.139. The highest BCUT2D eigenvalue weighted by Crippen LogP contribution is 2.44. The van der Waals surface area contributed by atoms with Crippen LogP contribution in [-0.2, 0) is 4.74 Å². The number of hydrogen-bond donors (Lipinski definition) is 0. The van der Waals surface area contributed by atoms with Gasteiger partial charge in [-0.05, 0) is 18.1 Å². The summed E-state index contributed by atoms with van der Waals surface area (Å²) in [6.07, 6.45) is -0.0971. The largest absolute Gasteiger partial charge is 0.381 e. The molecule has 0 N–H and O–H groups in total. The summed E-state index contributed by atoms with van der Waals surface area (Å²) in [5.41, 5.74) is 3.15. The van der Waals surface area contributed by atoms with Crippen LogP contribution in [0.15, 0.2) is 54.6 Å². The van der Waals surface area contributed by atoms with E-state index in [9.17, 15) is 4.79 Å². The first-order valence-corrected chi connectivity index (χ1v) is 6.95. The van der Waals surface area contributed by atoms with E-state index in [4.69, 9.17) is 4.74 Å². The van der Waals surface area contributed by atoms with E-state index in [-0.39, 0.29) is 23.7 Å². The Hall–Kier alpha value is -1.93. The zero-order chi connectivity index (χ0) is 14.1. The van der Waals surface area contributed by atoms with Gasteiger partial charge in [0.15, 0.2) is 5.78 Å². The van der Waals surface area contributed by atoms with Crippen molar-refractivity contribution in [2.24, 2.45) is 5.92 Å². The van der Waals surface area contributed by atoms with Crippen LogP contribution in [0, 0.1) is 5.92 Å². The van der Waals surface area contributed by atoms with E-state index in [0.717, 1.165) is 11.1 Å². The summed E-state index contributed by atoms with van der Waals surface area (Å²) < 4.78 is 5.47. The van der Waals surface area contributed by atoms with Gasteiger partial charge < -0.3 is 4.74 Å². The fourth-order valence-electron chi connectivity index (χ4n) is 3.20. The highest BCUT2D eigenvalue weighted by molar-refractivity contribution is 6.04. The van der Waals surface area contributed by atoms with Gasteiger partial charge >= 0.3 is 0 Å². The van der Waals surface area contributed by atoms with E-state index >= 15 is 0 Å². The first-order chi connectivity index (χ1) is 9.74. The van der Waals surface area contributed by atoms with Gasteiger partial charge in [0.1, 0.15) is 0 Å².